The number of benzene rings is 1. The molecule has 0 amide bonds. The van der Waals surface area contributed by atoms with Gasteiger partial charge in [-0.15, -0.1) is 3.77 Å². The highest BCUT2D eigenvalue weighted by atomic mass is 32.3. The first-order valence-corrected chi connectivity index (χ1v) is 7.98. The summed E-state index contributed by atoms with van der Waals surface area (Å²) in [5, 5.41) is 0. The van der Waals surface area contributed by atoms with Gasteiger partial charge in [0.05, 0.1) is 16.8 Å². The number of alkyl halides is 3. The van der Waals surface area contributed by atoms with E-state index in [1.807, 2.05) is 0 Å². The summed E-state index contributed by atoms with van der Waals surface area (Å²) in [7, 11) is -3.18. The second kappa shape index (κ2) is 5.72. The third kappa shape index (κ3) is 3.64. The van der Waals surface area contributed by atoms with Crippen LogP contribution in [0, 0.1) is 0 Å². The van der Waals surface area contributed by atoms with Crippen LogP contribution in [-0.2, 0) is 9.92 Å². The van der Waals surface area contributed by atoms with Crippen LogP contribution in [-0.4, -0.2) is 27.1 Å². The maximum Gasteiger partial charge on any atom is 0.464 e. The lowest BCUT2D eigenvalue weighted by atomic mass is 10.4. The molecule has 0 N–H and O–H groups in total. The Morgan fingerprint density at radius 2 is 1.74 bits per heavy atom. The molecule has 0 aromatic heterocycles. The number of hydrogen-bond acceptors (Lipinski definition) is 3. The van der Waals surface area contributed by atoms with Gasteiger partial charge in [-0.2, -0.15) is 13.2 Å². The molecule has 1 aromatic carbocycles. The van der Waals surface area contributed by atoms with Crippen LogP contribution in [0.5, 0.6) is 0 Å². The van der Waals surface area contributed by atoms with E-state index in [2.05, 4.69) is 3.77 Å². The summed E-state index contributed by atoms with van der Waals surface area (Å²) in [6.07, 6.45) is 1.66. The molecule has 1 saturated heterocycles. The van der Waals surface area contributed by atoms with Crippen LogP contribution < -0.4 is 0 Å². The smallest absolute Gasteiger partial charge is 0.227 e. The normalized spacial score (nSPS) is 20.2. The number of halogens is 3. The van der Waals surface area contributed by atoms with Gasteiger partial charge >= 0.3 is 5.51 Å². The quantitative estimate of drug-likeness (QED) is 0.798. The minimum absolute atomic E-state index is 0.327. The lowest BCUT2D eigenvalue weighted by molar-refractivity contribution is -0.0327. The van der Waals surface area contributed by atoms with Crippen molar-refractivity contribution in [3.8, 4) is 0 Å². The first-order chi connectivity index (χ1) is 8.92. The van der Waals surface area contributed by atoms with Gasteiger partial charge in [0.2, 0.25) is 0 Å². The maximum atomic E-state index is 12.9. The van der Waals surface area contributed by atoms with Crippen molar-refractivity contribution in [2.45, 2.75) is 23.2 Å². The predicted molar refractivity (Wildman–Crippen MR) is 69.7 cm³/mol. The fourth-order valence-electron chi connectivity index (χ4n) is 1.87. The van der Waals surface area contributed by atoms with Gasteiger partial charge in [0.25, 0.3) is 0 Å². The molecule has 106 valence electrons. The zero-order chi connectivity index (χ0) is 13.9. The monoisotopic (exact) mass is 310 g/mol. The second-order valence-electron chi connectivity index (χ2n) is 4.06. The third-order valence-electron chi connectivity index (χ3n) is 2.71. The van der Waals surface area contributed by atoms with Gasteiger partial charge in [-0.1, -0.05) is 18.2 Å². The maximum absolute atomic E-state index is 12.9. The molecule has 0 bridgehead atoms. The van der Waals surface area contributed by atoms with E-state index in [1.165, 1.54) is 0 Å². The molecule has 1 heterocycles. The van der Waals surface area contributed by atoms with Crippen LogP contribution >= 0.6 is 11.9 Å². The molecule has 1 atom stereocenters. The zero-order valence-electron chi connectivity index (χ0n) is 9.97. The fraction of sp³-hybridized carbons (Fsp3) is 0.455. The summed E-state index contributed by atoms with van der Waals surface area (Å²) < 4.78 is 54.8. The molecule has 19 heavy (non-hydrogen) atoms. The van der Waals surface area contributed by atoms with Gasteiger partial charge in [0.15, 0.2) is 9.92 Å². The molecular weight excluding hydrogens is 297 g/mol. The van der Waals surface area contributed by atoms with Crippen molar-refractivity contribution >= 4 is 21.9 Å². The Balaban J connectivity index is 2.41. The van der Waals surface area contributed by atoms with Crippen molar-refractivity contribution in [2.75, 3.05) is 13.1 Å². The zero-order valence-corrected chi connectivity index (χ0v) is 11.6. The first-order valence-electron chi connectivity index (χ1n) is 5.73. The molecule has 0 spiro atoms. The van der Waals surface area contributed by atoms with Gasteiger partial charge in [0, 0.05) is 13.1 Å². The lowest BCUT2D eigenvalue weighted by Crippen LogP contribution is -2.27. The minimum Gasteiger partial charge on any atom is -0.227 e. The van der Waals surface area contributed by atoms with E-state index < -0.39 is 27.4 Å². The fourth-order valence-corrected chi connectivity index (χ4v) is 4.89. The highest BCUT2D eigenvalue weighted by molar-refractivity contribution is 8.07. The van der Waals surface area contributed by atoms with Crippen LogP contribution in [0.4, 0.5) is 13.2 Å². The van der Waals surface area contributed by atoms with E-state index in [-0.39, 0.29) is 0 Å². The summed E-state index contributed by atoms with van der Waals surface area (Å²) in [6.45, 7) is 1.02. The van der Waals surface area contributed by atoms with Crippen molar-refractivity contribution in [3.63, 3.8) is 0 Å². The number of rotatable bonds is 3. The molecule has 2 rings (SSSR count). The van der Waals surface area contributed by atoms with Gasteiger partial charge in [0.1, 0.15) is 0 Å². The van der Waals surface area contributed by atoms with E-state index in [1.54, 1.807) is 34.6 Å². The highest BCUT2D eigenvalue weighted by Crippen LogP contribution is 2.35. The summed E-state index contributed by atoms with van der Waals surface area (Å²) in [5.41, 5.74) is -4.52. The van der Waals surface area contributed by atoms with Crippen LogP contribution in [0.1, 0.15) is 12.8 Å². The van der Waals surface area contributed by atoms with E-state index in [9.17, 15) is 17.4 Å². The Morgan fingerprint density at radius 1 is 1.16 bits per heavy atom. The molecule has 3 nitrogen and oxygen atoms in total. The van der Waals surface area contributed by atoms with Crippen molar-refractivity contribution in [3.05, 3.63) is 30.3 Å². The summed E-state index contributed by atoms with van der Waals surface area (Å²) in [6, 6.07) is 8.14. The highest BCUT2D eigenvalue weighted by Gasteiger charge is 2.33. The van der Waals surface area contributed by atoms with Crippen LogP contribution in [0.15, 0.2) is 39.0 Å². The van der Waals surface area contributed by atoms with Crippen molar-refractivity contribution < 1.29 is 17.4 Å². The Bertz CT molecular complexity index is 533. The molecule has 1 unspecified atom stereocenters. The Labute approximate surface area is 114 Å². The molecular formula is C11H13F3N2OS2. The van der Waals surface area contributed by atoms with Crippen molar-refractivity contribution in [1.82, 2.24) is 4.31 Å². The average molecular weight is 310 g/mol. The number of nitrogens with zero attached hydrogens (tertiary/aromatic N) is 2. The molecule has 0 saturated carbocycles. The van der Waals surface area contributed by atoms with Gasteiger partial charge in [-0.25, -0.2) is 8.51 Å². The van der Waals surface area contributed by atoms with Gasteiger partial charge in [-0.3, -0.25) is 0 Å². The van der Waals surface area contributed by atoms with Gasteiger partial charge < -0.3 is 0 Å². The number of hydrogen-bond donors (Lipinski definition) is 0. The van der Waals surface area contributed by atoms with E-state index >= 15 is 0 Å². The van der Waals surface area contributed by atoms with Crippen LogP contribution in [0.2, 0.25) is 0 Å². The Hall–Kier alpha value is -0.730. The molecule has 1 aliphatic rings. The second-order valence-corrected chi connectivity index (χ2v) is 7.28. The SMILES string of the molecule is O=S(=NSC(F)(F)F)(c1ccccc1)N1CCCC1. The van der Waals surface area contributed by atoms with Crippen molar-refractivity contribution in [1.29, 1.82) is 0 Å². The summed E-state index contributed by atoms with van der Waals surface area (Å²) in [5.74, 6) is 0. The van der Waals surface area contributed by atoms with E-state index in [0.717, 1.165) is 12.8 Å². The van der Waals surface area contributed by atoms with Crippen LogP contribution in [0.25, 0.3) is 0 Å². The molecule has 0 aliphatic carbocycles. The predicted octanol–water partition coefficient (Wildman–Crippen LogP) is 3.69. The Kier molecular flexibility index (Phi) is 4.42. The molecule has 1 fully saturated rings. The summed E-state index contributed by atoms with van der Waals surface area (Å²) >= 11 is -0.570. The third-order valence-corrected chi connectivity index (χ3v) is 5.97. The molecule has 1 aliphatic heterocycles. The minimum atomic E-state index is -4.52. The molecule has 8 heteroatoms. The standard InChI is InChI=1S/C11H13F3N2OS2/c12-11(13,14)18-15-19(17,16-8-4-5-9-16)10-6-2-1-3-7-10/h1-3,6-7H,4-5,8-9H2. The topological polar surface area (TPSA) is 32.7 Å². The lowest BCUT2D eigenvalue weighted by Gasteiger charge is -2.20. The van der Waals surface area contributed by atoms with Crippen LogP contribution in [0.3, 0.4) is 0 Å². The average Bonchev–Trinajstić information content (AvgIpc) is 2.90. The summed E-state index contributed by atoms with van der Waals surface area (Å²) in [4.78, 5) is 0.327. The van der Waals surface area contributed by atoms with Gasteiger partial charge in [-0.05, 0) is 25.0 Å². The molecule has 1 aromatic rings. The Morgan fingerprint density at radius 3 is 2.26 bits per heavy atom. The van der Waals surface area contributed by atoms with E-state index in [4.69, 9.17) is 0 Å². The van der Waals surface area contributed by atoms with E-state index in [0.29, 0.717) is 18.0 Å². The van der Waals surface area contributed by atoms with Crippen molar-refractivity contribution in [2.24, 2.45) is 3.77 Å². The first kappa shape index (κ1) is 14.7. The molecule has 0 radical (unpaired) electrons. The largest absolute Gasteiger partial charge is 0.464 e.